The fourth-order valence-corrected chi connectivity index (χ4v) is 3.42. The molecule has 0 bridgehead atoms. The standard InChI is InChI=1S/C17H25N5O/c1-11(8-14-9-12(2)20-21-14)19-17(23)15-10-18-22-16(15)13-6-4-3-5-7-13/h9-11,13H,3-8H2,1-2H3,(H,18,22)(H,19,23)(H,20,21)/t11-/m1/s1. The molecule has 0 saturated heterocycles. The number of hydrogen-bond donors (Lipinski definition) is 3. The number of hydrogen-bond acceptors (Lipinski definition) is 3. The second kappa shape index (κ2) is 6.98. The highest BCUT2D eigenvalue weighted by Gasteiger charge is 2.24. The number of carbonyl (C=O) groups excluding carboxylic acids is 1. The molecule has 1 saturated carbocycles. The zero-order chi connectivity index (χ0) is 16.2. The molecule has 0 aliphatic heterocycles. The quantitative estimate of drug-likeness (QED) is 0.793. The van der Waals surface area contributed by atoms with E-state index in [9.17, 15) is 4.79 Å². The largest absolute Gasteiger partial charge is 0.349 e. The molecule has 6 nitrogen and oxygen atoms in total. The molecule has 23 heavy (non-hydrogen) atoms. The molecule has 2 aromatic heterocycles. The lowest BCUT2D eigenvalue weighted by molar-refractivity contribution is 0.0938. The smallest absolute Gasteiger partial charge is 0.254 e. The molecule has 2 aromatic rings. The Morgan fingerprint density at radius 3 is 2.83 bits per heavy atom. The zero-order valence-electron chi connectivity index (χ0n) is 13.9. The van der Waals surface area contributed by atoms with Crippen molar-refractivity contribution in [2.24, 2.45) is 0 Å². The lowest BCUT2D eigenvalue weighted by Gasteiger charge is -2.21. The average Bonchev–Trinajstić information content (AvgIpc) is 3.17. The molecule has 1 fully saturated rings. The Labute approximate surface area is 136 Å². The minimum atomic E-state index is -0.0425. The minimum absolute atomic E-state index is 0.0271. The lowest BCUT2D eigenvalue weighted by Crippen LogP contribution is -2.34. The van der Waals surface area contributed by atoms with Crippen molar-refractivity contribution in [3.05, 3.63) is 34.9 Å². The molecular formula is C17H25N5O. The molecule has 2 heterocycles. The minimum Gasteiger partial charge on any atom is -0.349 e. The van der Waals surface area contributed by atoms with E-state index in [0.29, 0.717) is 17.9 Å². The van der Waals surface area contributed by atoms with Crippen molar-refractivity contribution in [2.45, 2.75) is 64.3 Å². The highest BCUT2D eigenvalue weighted by molar-refractivity contribution is 5.95. The van der Waals surface area contributed by atoms with Crippen molar-refractivity contribution in [3.63, 3.8) is 0 Å². The maximum atomic E-state index is 12.6. The molecule has 3 rings (SSSR count). The van der Waals surface area contributed by atoms with E-state index in [-0.39, 0.29) is 11.9 Å². The summed E-state index contributed by atoms with van der Waals surface area (Å²) in [6.07, 6.45) is 8.43. The van der Waals surface area contributed by atoms with E-state index in [1.807, 2.05) is 19.9 Å². The van der Waals surface area contributed by atoms with E-state index < -0.39 is 0 Å². The number of nitrogens with one attached hydrogen (secondary N) is 3. The van der Waals surface area contributed by atoms with Crippen LogP contribution in [-0.4, -0.2) is 32.3 Å². The summed E-state index contributed by atoms with van der Waals surface area (Å²) in [5.41, 5.74) is 3.70. The van der Waals surface area contributed by atoms with Crippen LogP contribution in [0.4, 0.5) is 0 Å². The average molecular weight is 315 g/mol. The first kappa shape index (κ1) is 15.8. The van der Waals surface area contributed by atoms with Gasteiger partial charge in [0.1, 0.15) is 0 Å². The Morgan fingerprint density at radius 2 is 2.13 bits per heavy atom. The Morgan fingerprint density at radius 1 is 1.35 bits per heavy atom. The summed E-state index contributed by atoms with van der Waals surface area (Å²) >= 11 is 0. The number of carbonyl (C=O) groups is 1. The lowest BCUT2D eigenvalue weighted by atomic mass is 9.85. The van der Waals surface area contributed by atoms with Crippen LogP contribution >= 0.6 is 0 Å². The molecule has 3 N–H and O–H groups in total. The van der Waals surface area contributed by atoms with Crippen LogP contribution in [0.15, 0.2) is 12.3 Å². The summed E-state index contributed by atoms with van der Waals surface area (Å²) in [5.74, 6) is 0.398. The van der Waals surface area contributed by atoms with E-state index >= 15 is 0 Å². The van der Waals surface area contributed by atoms with Gasteiger partial charge in [-0.05, 0) is 32.8 Å². The zero-order valence-corrected chi connectivity index (χ0v) is 13.9. The summed E-state index contributed by atoms with van der Waals surface area (Å²) in [6, 6.07) is 2.04. The number of aromatic amines is 2. The van der Waals surface area contributed by atoms with Gasteiger partial charge in [-0.15, -0.1) is 0 Å². The summed E-state index contributed by atoms with van der Waals surface area (Å²) < 4.78 is 0. The van der Waals surface area contributed by atoms with Gasteiger partial charge >= 0.3 is 0 Å². The molecule has 0 radical (unpaired) electrons. The Hall–Kier alpha value is -2.11. The summed E-state index contributed by atoms with van der Waals surface area (Å²) in [6.45, 7) is 3.98. The van der Waals surface area contributed by atoms with Crippen molar-refractivity contribution in [3.8, 4) is 0 Å². The number of nitrogens with zero attached hydrogens (tertiary/aromatic N) is 2. The second-order valence-corrected chi connectivity index (χ2v) is 6.65. The van der Waals surface area contributed by atoms with Gasteiger partial charge in [-0.3, -0.25) is 15.0 Å². The number of H-pyrrole nitrogens is 2. The molecule has 124 valence electrons. The third-order valence-corrected chi connectivity index (χ3v) is 4.58. The van der Waals surface area contributed by atoms with E-state index in [1.54, 1.807) is 6.20 Å². The van der Waals surface area contributed by atoms with E-state index in [4.69, 9.17) is 0 Å². The molecule has 0 aromatic carbocycles. The Kier molecular flexibility index (Phi) is 4.79. The fraction of sp³-hybridized carbons (Fsp3) is 0.588. The fourth-order valence-electron chi connectivity index (χ4n) is 3.42. The number of aromatic nitrogens is 4. The van der Waals surface area contributed by atoms with Gasteiger partial charge in [-0.2, -0.15) is 10.2 Å². The van der Waals surface area contributed by atoms with Gasteiger partial charge in [-0.25, -0.2) is 0 Å². The molecule has 1 aliphatic rings. The summed E-state index contributed by atoms with van der Waals surface area (Å²) in [4.78, 5) is 12.6. The monoisotopic (exact) mass is 315 g/mol. The van der Waals surface area contributed by atoms with Gasteiger partial charge in [0.05, 0.1) is 23.1 Å². The number of rotatable bonds is 5. The highest BCUT2D eigenvalue weighted by atomic mass is 16.1. The Bertz CT molecular complexity index is 653. The van der Waals surface area contributed by atoms with E-state index in [1.165, 1.54) is 19.3 Å². The molecule has 6 heteroatoms. The van der Waals surface area contributed by atoms with Crippen LogP contribution in [0.25, 0.3) is 0 Å². The maximum absolute atomic E-state index is 12.6. The highest BCUT2D eigenvalue weighted by Crippen LogP contribution is 2.33. The van der Waals surface area contributed by atoms with Crippen molar-refractivity contribution in [2.75, 3.05) is 0 Å². The van der Waals surface area contributed by atoms with Crippen LogP contribution in [0, 0.1) is 6.92 Å². The van der Waals surface area contributed by atoms with Crippen molar-refractivity contribution < 1.29 is 4.79 Å². The van der Waals surface area contributed by atoms with Crippen LogP contribution < -0.4 is 5.32 Å². The predicted molar refractivity (Wildman–Crippen MR) is 88.4 cm³/mol. The second-order valence-electron chi connectivity index (χ2n) is 6.65. The molecule has 0 unspecified atom stereocenters. The van der Waals surface area contributed by atoms with E-state index in [2.05, 4.69) is 25.7 Å². The molecule has 0 spiro atoms. The first-order valence-corrected chi connectivity index (χ1v) is 8.48. The summed E-state index contributed by atoms with van der Waals surface area (Å²) in [7, 11) is 0. The summed E-state index contributed by atoms with van der Waals surface area (Å²) in [5, 5.41) is 17.4. The van der Waals surface area contributed by atoms with E-state index in [0.717, 1.165) is 29.9 Å². The van der Waals surface area contributed by atoms with Gasteiger partial charge in [-0.1, -0.05) is 19.3 Å². The van der Waals surface area contributed by atoms with Gasteiger partial charge in [0, 0.05) is 24.1 Å². The van der Waals surface area contributed by atoms with Crippen LogP contribution in [0.2, 0.25) is 0 Å². The predicted octanol–water partition coefficient (Wildman–Crippen LogP) is 2.85. The molecular weight excluding hydrogens is 290 g/mol. The van der Waals surface area contributed by atoms with Crippen LogP contribution in [0.1, 0.15) is 72.4 Å². The number of amides is 1. The van der Waals surface area contributed by atoms with Crippen molar-refractivity contribution in [1.82, 2.24) is 25.7 Å². The van der Waals surface area contributed by atoms with Crippen LogP contribution in [0.5, 0.6) is 0 Å². The van der Waals surface area contributed by atoms with Gasteiger partial charge in [0.15, 0.2) is 0 Å². The van der Waals surface area contributed by atoms with Gasteiger partial charge in [0.2, 0.25) is 0 Å². The molecule has 1 atom stereocenters. The number of aryl methyl sites for hydroxylation is 1. The van der Waals surface area contributed by atoms with Gasteiger partial charge in [0.25, 0.3) is 5.91 Å². The first-order valence-electron chi connectivity index (χ1n) is 8.48. The van der Waals surface area contributed by atoms with Crippen LogP contribution in [-0.2, 0) is 6.42 Å². The molecule has 1 aliphatic carbocycles. The topological polar surface area (TPSA) is 86.5 Å². The van der Waals surface area contributed by atoms with Gasteiger partial charge < -0.3 is 5.32 Å². The third-order valence-electron chi connectivity index (χ3n) is 4.58. The maximum Gasteiger partial charge on any atom is 0.254 e. The Balaban J connectivity index is 1.62. The van der Waals surface area contributed by atoms with Crippen LogP contribution in [0.3, 0.4) is 0 Å². The first-order chi connectivity index (χ1) is 11.1. The van der Waals surface area contributed by atoms with Crippen molar-refractivity contribution >= 4 is 5.91 Å². The van der Waals surface area contributed by atoms with Crippen molar-refractivity contribution in [1.29, 1.82) is 0 Å². The third kappa shape index (κ3) is 3.81. The molecule has 1 amide bonds. The SMILES string of the molecule is Cc1cc(C[C@@H](C)NC(=O)c2cn[nH]c2C2CCCCC2)n[nH]1. The normalized spacial score (nSPS) is 17.1.